The molecule has 0 aliphatic carbocycles. The average molecular weight is 373 g/mol. The topological polar surface area (TPSA) is 29.1 Å². The van der Waals surface area contributed by atoms with E-state index < -0.39 is 0 Å². The SMILES string of the molecule is O=C(NCCc1cccc(Cl)c1)c1ccc(Cl)cc1Br. The predicted molar refractivity (Wildman–Crippen MR) is 86.6 cm³/mol. The van der Waals surface area contributed by atoms with Crippen LogP contribution in [0, 0.1) is 0 Å². The number of benzene rings is 2. The molecule has 2 aromatic carbocycles. The van der Waals surface area contributed by atoms with E-state index in [0.29, 0.717) is 26.6 Å². The van der Waals surface area contributed by atoms with Crippen molar-refractivity contribution in [1.82, 2.24) is 5.32 Å². The van der Waals surface area contributed by atoms with Gasteiger partial charge < -0.3 is 5.32 Å². The first-order valence-corrected chi connectivity index (χ1v) is 7.59. The van der Waals surface area contributed by atoms with Crippen LogP contribution in [0.2, 0.25) is 10.0 Å². The lowest BCUT2D eigenvalue weighted by Gasteiger charge is -2.07. The molecule has 0 unspecified atom stereocenters. The molecule has 0 saturated carbocycles. The van der Waals surface area contributed by atoms with E-state index in [1.165, 1.54) is 0 Å². The molecule has 0 aliphatic heterocycles. The van der Waals surface area contributed by atoms with Gasteiger partial charge in [0.2, 0.25) is 0 Å². The van der Waals surface area contributed by atoms with Crippen LogP contribution in [-0.2, 0) is 6.42 Å². The fourth-order valence-corrected chi connectivity index (χ4v) is 2.86. The average Bonchev–Trinajstić information content (AvgIpc) is 2.38. The Morgan fingerprint density at radius 2 is 1.85 bits per heavy atom. The third kappa shape index (κ3) is 4.23. The first kappa shape index (κ1) is 15.4. The van der Waals surface area contributed by atoms with Crippen molar-refractivity contribution < 1.29 is 4.79 Å². The zero-order chi connectivity index (χ0) is 14.5. The smallest absolute Gasteiger partial charge is 0.252 e. The molecule has 0 fully saturated rings. The summed E-state index contributed by atoms with van der Waals surface area (Å²) >= 11 is 15.1. The molecular formula is C15H12BrCl2NO. The van der Waals surface area contributed by atoms with Crippen LogP contribution >= 0.6 is 39.1 Å². The molecule has 0 bridgehead atoms. The number of carbonyl (C=O) groups is 1. The summed E-state index contributed by atoms with van der Waals surface area (Å²) in [5.74, 6) is -0.129. The van der Waals surface area contributed by atoms with Crippen LogP contribution < -0.4 is 5.32 Å². The number of rotatable bonds is 4. The van der Waals surface area contributed by atoms with E-state index in [4.69, 9.17) is 23.2 Å². The number of hydrogen-bond acceptors (Lipinski definition) is 1. The number of nitrogens with one attached hydrogen (secondary N) is 1. The standard InChI is InChI=1S/C15H12BrCl2NO/c16-14-9-12(18)4-5-13(14)15(20)19-7-6-10-2-1-3-11(17)8-10/h1-5,8-9H,6-7H2,(H,19,20). The molecule has 104 valence electrons. The normalized spacial score (nSPS) is 10.3. The van der Waals surface area contributed by atoms with Gasteiger partial charge in [-0.05, 0) is 58.2 Å². The molecule has 20 heavy (non-hydrogen) atoms. The van der Waals surface area contributed by atoms with Crippen LogP contribution in [0.4, 0.5) is 0 Å². The minimum atomic E-state index is -0.129. The molecule has 2 nitrogen and oxygen atoms in total. The molecule has 5 heteroatoms. The van der Waals surface area contributed by atoms with E-state index in [2.05, 4.69) is 21.2 Å². The van der Waals surface area contributed by atoms with Gasteiger partial charge in [0, 0.05) is 21.1 Å². The number of carbonyl (C=O) groups excluding carboxylic acids is 1. The summed E-state index contributed by atoms with van der Waals surface area (Å²) in [7, 11) is 0. The summed E-state index contributed by atoms with van der Waals surface area (Å²) in [5.41, 5.74) is 1.66. The van der Waals surface area contributed by atoms with Crippen LogP contribution in [0.1, 0.15) is 15.9 Å². The highest BCUT2D eigenvalue weighted by molar-refractivity contribution is 9.10. The first-order chi connectivity index (χ1) is 9.56. The Morgan fingerprint density at radius 1 is 1.10 bits per heavy atom. The summed E-state index contributed by atoms with van der Waals surface area (Å²) in [5, 5.41) is 4.17. The number of amides is 1. The molecular weight excluding hydrogens is 361 g/mol. The van der Waals surface area contributed by atoms with E-state index >= 15 is 0 Å². The first-order valence-electron chi connectivity index (χ1n) is 6.04. The van der Waals surface area contributed by atoms with Gasteiger partial charge in [0.25, 0.3) is 5.91 Å². The molecule has 1 amide bonds. The fourth-order valence-electron chi connectivity index (χ4n) is 1.78. The molecule has 0 heterocycles. The Bertz CT molecular complexity index is 631. The Kier molecular flexibility index (Phi) is 5.46. The van der Waals surface area contributed by atoms with E-state index in [1.807, 2.05) is 24.3 Å². The summed E-state index contributed by atoms with van der Waals surface area (Å²) in [6, 6.07) is 12.7. The van der Waals surface area contributed by atoms with Gasteiger partial charge in [-0.2, -0.15) is 0 Å². The summed E-state index contributed by atoms with van der Waals surface area (Å²) in [4.78, 5) is 12.0. The van der Waals surface area contributed by atoms with Crippen molar-refractivity contribution in [2.45, 2.75) is 6.42 Å². The van der Waals surface area contributed by atoms with Crippen LogP contribution in [0.5, 0.6) is 0 Å². The molecule has 0 radical (unpaired) electrons. The lowest BCUT2D eigenvalue weighted by atomic mass is 10.1. The number of halogens is 3. The van der Waals surface area contributed by atoms with Crippen LogP contribution in [0.3, 0.4) is 0 Å². The third-order valence-electron chi connectivity index (χ3n) is 2.76. The predicted octanol–water partition coefficient (Wildman–Crippen LogP) is 4.73. The minimum absolute atomic E-state index is 0.129. The van der Waals surface area contributed by atoms with Crippen LogP contribution in [0.15, 0.2) is 46.9 Å². The molecule has 0 atom stereocenters. The van der Waals surface area contributed by atoms with E-state index in [0.717, 1.165) is 12.0 Å². The van der Waals surface area contributed by atoms with Gasteiger partial charge in [-0.15, -0.1) is 0 Å². The molecule has 0 aliphatic rings. The van der Waals surface area contributed by atoms with Gasteiger partial charge in [-0.25, -0.2) is 0 Å². The van der Waals surface area contributed by atoms with Gasteiger partial charge in [-0.3, -0.25) is 4.79 Å². The molecule has 2 rings (SSSR count). The Morgan fingerprint density at radius 3 is 2.55 bits per heavy atom. The maximum atomic E-state index is 12.0. The van der Waals surface area contributed by atoms with Crippen molar-refractivity contribution in [2.75, 3.05) is 6.54 Å². The summed E-state index contributed by atoms with van der Waals surface area (Å²) in [6.45, 7) is 0.550. The summed E-state index contributed by atoms with van der Waals surface area (Å²) < 4.78 is 0.685. The van der Waals surface area contributed by atoms with Gasteiger partial charge in [0.05, 0.1) is 5.56 Å². The van der Waals surface area contributed by atoms with Crippen molar-refractivity contribution >= 4 is 45.0 Å². The maximum Gasteiger partial charge on any atom is 0.252 e. The van der Waals surface area contributed by atoms with Gasteiger partial charge in [-0.1, -0.05) is 35.3 Å². The quantitative estimate of drug-likeness (QED) is 0.825. The second-order valence-corrected chi connectivity index (χ2v) is 5.99. The highest BCUT2D eigenvalue weighted by Crippen LogP contribution is 2.21. The van der Waals surface area contributed by atoms with E-state index in [1.54, 1.807) is 18.2 Å². The maximum absolute atomic E-state index is 12.0. The van der Waals surface area contributed by atoms with Crippen molar-refractivity contribution in [3.63, 3.8) is 0 Å². The Hall–Kier alpha value is -1.03. The highest BCUT2D eigenvalue weighted by Gasteiger charge is 2.09. The van der Waals surface area contributed by atoms with Gasteiger partial charge in [0.1, 0.15) is 0 Å². The van der Waals surface area contributed by atoms with Crippen molar-refractivity contribution in [1.29, 1.82) is 0 Å². The van der Waals surface area contributed by atoms with E-state index in [-0.39, 0.29) is 5.91 Å². The van der Waals surface area contributed by atoms with Gasteiger partial charge >= 0.3 is 0 Å². The second kappa shape index (κ2) is 7.11. The second-order valence-electron chi connectivity index (χ2n) is 4.26. The molecule has 1 N–H and O–H groups in total. The fraction of sp³-hybridized carbons (Fsp3) is 0.133. The van der Waals surface area contributed by atoms with E-state index in [9.17, 15) is 4.79 Å². The monoisotopic (exact) mass is 371 g/mol. The lowest BCUT2D eigenvalue weighted by Crippen LogP contribution is -2.26. The summed E-state index contributed by atoms with van der Waals surface area (Å²) in [6.07, 6.45) is 0.734. The highest BCUT2D eigenvalue weighted by atomic mass is 79.9. The van der Waals surface area contributed by atoms with Crippen molar-refractivity contribution in [2.24, 2.45) is 0 Å². The van der Waals surface area contributed by atoms with Crippen molar-refractivity contribution in [3.05, 3.63) is 68.1 Å². The molecule has 0 aromatic heterocycles. The zero-order valence-corrected chi connectivity index (χ0v) is 13.6. The Labute approximate surface area is 136 Å². The van der Waals surface area contributed by atoms with Crippen LogP contribution in [0.25, 0.3) is 0 Å². The number of hydrogen-bond donors (Lipinski definition) is 1. The lowest BCUT2D eigenvalue weighted by molar-refractivity contribution is 0.0953. The zero-order valence-electron chi connectivity index (χ0n) is 10.5. The molecule has 0 spiro atoms. The largest absolute Gasteiger partial charge is 0.352 e. The third-order valence-corrected chi connectivity index (χ3v) is 3.89. The van der Waals surface area contributed by atoms with Gasteiger partial charge in [0.15, 0.2) is 0 Å². The Balaban J connectivity index is 1.92. The van der Waals surface area contributed by atoms with Crippen LogP contribution in [-0.4, -0.2) is 12.5 Å². The van der Waals surface area contributed by atoms with Crippen molar-refractivity contribution in [3.8, 4) is 0 Å². The molecule has 2 aromatic rings. The molecule has 0 saturated heterocycles. The minimum Gasteiger partial charge on any atom is -0.352 e.